The Balaban J connectivity index is 2.34. The van der Waals surface area contributed by atoms with E-state index in [2.05, 4.69) is 42.0 Å². The molecule has 0 saturated carbocycles. The Morgan fingerprint density at radius 3 is 2.80 bits per heavy atom. The molecule has 1 saturated heterocycles. The maximum absolute atomic E-state index is 6.00. The van der Waals surface area contributed by atoms with Gasteiger partial charge in [-0.15, -0.1) is 11.8 Å². The number of thiocarbonyl (C=S) groups is 1. The van der Waals surface area contributed by atoms with Gasteiger partial charge in [0.25, 0.3) is 0 Å². The first-order valence-electron chi connectivity index (χ1n) is 7.12. The van der Waals surface area contributed by atoms with Gasteiger partial charge in [0.1, 0.15) is 4.99 Å². The summed E-state index contributed by atoms with van der Waals surface area (Å²) in [6.45, 7) is 6.50. The van der Waals surface area contributed by atoms with Gasteiger partial charge in [0, 0.05) is 35.8 Å². The molecular formula is C15H23N3S2. The molecular weight excluding hydrogens is 286 g/mol. The molecule has 110 valence electrons. The maximum Gasteiger partial charge on any atom is 0.107 e. The third-order valence-corrected chi connectivity index (χ3v) is 4.75. The summed E-state index contributed by atoms with van der Waals surface area (Å²) < 4.78 is 0. The normalized spacial score (nSPS) is 17.0. The Hall–Kier alpha value is -0.780. The minimum Gasteiger partial charge on any atom is -0.389 e. The van der Waals surface area contributed by atoms with Crippen molar-refractivity contribution in [3.8, 4) is 0 Å². The average Bonchev–Trinajstić information content (AvgIpc) is 2.63. The van der Waals surface area contributed by atoms with Crippen LogP contribution in [0.5, 0.6) is 0 Å². The second kappa shape index (κ2) is 7.29. The van der Waals surface area contributed by atoms with Crippen molar-refractivity contribution in [2.24, 2.45) is 5.73 Å². The lowest BCUT2D eigenvalue weighted by Crippen LogP contribution is -2.30. The number of nitrogens with two attached hydrogens (primary N) is 1. The average molecular weight is 310 g/mol. The number of hydrogen-bond donors (Lipinski definition) is 1. The van der Waals surface area contributed by atoms with Gasteiger partial charge in [0.2, 0.25) is 0 Å². The highest BCUT2D eigenvalue weighted by molar-refractivity contribution is 7.99. The van der Waals surface area contributed by atoms with E-state index in [1.54, 1.807) is 0 Å². The van der Waals surface area contributed by atoms with E-state index in [-0.39, 0.29) is 0 Å². The second-order valence-electron chi connectivity index (χ2n) is 5.09. The smallest absolute Gasteiger partial charge is 0.107 e. The van der Waals surface area contributed by atoms with Crippen molar-refractivity contribution in [3.05, 3.63) is 23.8 Å². The quantitative estimate of drug-likeness (QED) is 0.683. The zero-order valence-corrected chi connectivity index (χ0v) is 13.9. The molecule has 0 aliphatic carbocycles. The van der Waals surface area contributed by atoms with Gasteiger partial charge >= 0.3 is 0 Å². The largest absolute Gasteiger partial charge is 0.389 e. The standard InChI is InChI=1S/C15H23N3S2/c1-3-20-13-7-4-6-12(14(13)15(16)19)18-9-5-8-17(2)10-11-18/h4,6-7H,3,5,8-11H2,1-2H3,(H2,16,19). The molecule has 0 radical (unpaired) electrons. The zero-order valence-electron chi connectivity index (χ0n) is 12.3. The SMILES string of the molecule is CCSc1cccc(N2CCCN(C)CC2)c1C(N)=S. The van der Waals surface area contributed by atoms with Gasteiger partial charge in [0.15, 0.2) is 0 Å². The van der Waals surface area contributed by atoms with E-state index in [1.807, 2.05) is 11.8 Å². The first kappa shape index (κ1) is 15.6. The molecule has 2 rings (SSSR count). The first-order chi connectivity index (χ1) is 9.63. The summed E-state index contributed by atoms with van der Waals surface area (Å²) in [5.74, 6) is 1.03. The molecule has 1 fully saturated rings. The molecule has 0 aromatic heterocycles. The van der Waals surface area contributed by atoms with Crippen LogP contribution in [0.1, 0.15) is 18.9 Å². The molecule has 1 aromatic carbocycles. The third-order valence-electron chi connectivity index (χ3n) is 3.61. The van der Waals surface area contributed by atoms with Crippen molar-refractivity contribution in [2.45, 2.75) is 18.2 Å². The molecule has 20 heavy (non-hydrogen) atoms. The third kappa shape index (κ3) is 3.65. The fraction of sp³-hybridized carbons (Fsp3) is 0.533. The zero-order chi connectivity index (χ0) is 14.5. The summed E-state index contributed by atoms with van der Waals surface area (Å²) in [4.78, 5) is 6.52. The summed E-state index contributed by atoms with van der Waals surface area (Å²) in [5, 5.41) is 0. The molecule has 0 unspecified atom stereocenters. The van der Waals surface area contributed by atoms with Gasteiger partial charge in [-0.25, -0.2) is 0 Å². The molecule has 0 spiro atoms. The Morgan fingerprint density at radius 2 is 2.10 bits per heavy atom. The predicted molar refractivity (Wildman–Crippen MR) is 93.1 cm³/mol. The summed E-state index contributed by atoms with van der Waals surface area (Å²) in [6, 6.07) is 6.39. The van der Waals surface area contributed by atoms with E-state index in [4.69, 9.17) is 18.0 Å². The summed E-state index contributed by atoms with van der Waals surface area (Å²) in [6.07, 6.45) is 1.18. The monoisotopic (exact) mass is 309 g/mol. The number of rotatable bonds is 4. The topological polar surface area (TPSA) is 32.5 Å². The van der Waals surface area contributed by atoms with Crippen molar-refractivity contribution in [1.29, 1.82) is 0 Å². The molecule has 2 N–H and O–H groups in total. The summed E-state index contributed by atoms with van der Waals surface area (Å²) in [7, 11) is 2.18. The number of anilines is 1. The highest BCUT2D eigenvalue weighted by Gasteiger charge is 2.18. The summed E-state index contributed by atoms with van der Waals surface area (Å²) >= 11 is 7.11. The highest BCUT2D eigenvalue weighted by Crippen LogP contribution is 2.31. The van der Waals surface area contributed by atoms with Crippen molar-refractivity contribution >= 4 is 34.7 Å². The lowest BCUT2D eigenvalue weighted by molar-refractivity contribution is 0.360. The predicted octanol–water partition coefficient (Wildman–Crippen LogP) is 2.57. The number of benzene rings is 1. The number of nitrogens with zero attached hydrogens (tertiary/aromatic N) is 2. The molecule has 0 atom stereocenters. The van der Waals surface area contributed by atoms with Crippen LogP contribution in [0.15, 0.2) is 23.1 Å². The van der Waals surface area contributed by atoms with Crippen molar-refractivity contribution in [3.63, 3.8) is 0 Å². The van der Waals surface area contributed by atoms with Gasteiger partial charge in [-0.1, -0.05) is 25.2 Å². The van der Waals surface area contributed by atoms with Crippen molar-refractivity contribution in [2.75, 3.05) is 43.9 Å². The Kier molecular flexibility index (Phi) is 5.69. The molecule has 5 heteroatoms. The van der Waals surface area contributed by atoms with Crippen LogP contribution in [0.4, 0.5) is 5.69 Å². The second-order valence-corrected chi connectivity index (χ2v) is 6.84. The van der Waals surface area contributed by atoms with Crippen LogP contribution in [0, 0.1) is 0 Å². The van der Waals surface area contributed by atoms with Crippen LogP contribution in [0.2, 0.25) is 0 Å². The van der Waals surface area contributed by atoms with Crippen LogP contribution in [-0.2, 0) is 0 Å². The van der Waals surface area contributed by atoms with E-state index < -0.39 is 0 Å². The molecule has 3 nitrogen and oxygen atoms in total. The first-order valence-corrected chi connectivity index (χ1v) is 8.52. The fourth-order valence-corrected chi connectivity index (χ4v) is 3.72. The van der Waals surface area contributed by atoms with E-state index in [1.165, 1.54) is 17.0 Å². The van der Waals surface area contributed by atoms with Crippen LogP contribution in [0.25, 0.3) is 0 Å². The highest BCUT2D eigenvalue weighted by atomic mass is 32.2. The molecule has 1 heterocycles. The summed E-state index contributed by atoms with van der Waals surface area (Å²) in [5.41, 5.74) is 8.25. The maximum atomic E-state index is 6.00. The Labute approximate surface area is 131 Å². The lowest BCUT2D eigenvalue weighted by atomic mass is 10.1. The van der Waals surface area contributed by atoms with Crippen LogP contribution in [-0.4, -0.2) is 48.9 Å². The van der Waals surface area contributed by atoms with Crippen LogP contribution in [0.3, 0.4) is 0 Å². The fourth-order valence-electron chi connectivity index (χ4n) is 2.59. The lowest BCUT2D eigenvalue weighted by Gasteiger charge is -2.26. The number of likely N-dealkylation sites (N-methyl/N-ethyl adjacent to an activating group) is 1. The molecule has 1 aliphatic rings. The van der Waals surface area contributed by atoms with E-state index in [0.29, 0.717) is 4.99 Å². The van der Waals surface area contributed by atoms with Gasteiger partial charge in [0.05, 0.1) is 0 Å². The van der Waals surface area contributed by atoms with E-state index >= 15 is 0 Å². The van der Waals surface area contributed by atoms with Crippen LogP contribution >= 0.6 is 24.0 Å². The molecule has 0 bridgehead atoms. The van der Waals surface area contributed by atoms with Gasteiger partial charge in [-0.05, 0) is 37.9 Å². The Morgan fingerprint density at radius 1 is 1.30 bits per heavy atom. The van der Waals surface area contributed by atoms with Crippen LogP contribution < -0.4 is 10.6 Å². The van der Waals surface area contributed by atoms with E-state index in [0.717, 1.165) is 37.5 Å². The van der Waals surface area contributed by atoms with Gasteiger partial charge in [-0.3, -0.25) is 0 Å². The molecule has 1 aliphatic heterocycles. The minimum absolute atomic E-state index is 0.508. The van der Waals surface area contributed by atoms with Crippen molar-refractivity contribution < 1.29 is 0 Å². The van der Waals surface area contributed by atoms with Gasteiger partial charge < -0.3 is 15.5 Å². The Bertz CT molecular complexity index is 476. The minimum atomic E-state index is 0.508. The van der Waals surface area contributed by atoms with Crippen molar-refractivity contribution in [1.82, 2.24) is 4.90 Å². The number of thioether (sulfide) groups is 1. The molecule has 0 amide bonds. The van der Waals surface area contributed by atoms with Gasteiger partial charge in [-0.2, -0.15) is 0 Å². The molecule has 1 aromatic rings. The van der Waals surface area contributed by atoms with E-state index in [9.17, 15) is 0 Å². The number of hydrogen-bond acceptors (Lipinski definition) is 4.